The van der Waals surface area contributed by atoms with Gasteiger partial charge in [-0.1, -0.05) is 23.4 Å². The van der Waals surface area contributed by atoms with Crippen LogP contribution in [0.2, 0.25) is 0 Å². The van der Waals surface area contributed by atoms with Crippen molar-refractivity contribution in [2.45, 2.75) is 19.0 Å². The quantitative estimate of drug-likeness (QED) is 0.641. The zero-order chi connectivity index (χ0) is 12.4. The topological polar surface area (TPSA) is 57.1 Å². The minimum atomic E-state index is -0.299. The first-order valence-corrected chi connectivity index (χ1v) is 5.53. The van der Waals surface area contributed by atoms with Crippen molar-refractivity contribution in [1.82, 2.24) is 5.01 Å². The lowest BCUT2D eigenvalue weighted by Gasteiger charge is -2.13. The van der Waals surface area contributed by atoms with Gasteiger partial charge in [0, 0.05) is 19.8 Å². The van der Waals surface area contributed by atoms with Crippen LogP contribution in [0, 0.1) is 0 Å². The number of rotatable bonds is 3. The number of nitrogens with one attached hydrogen (secondary N) is 1. The number of para-hydroxylation sites is 1. The molecule has 1 aliphatic rings. The molecule has 0 aliphatic carbocycles. The molecule has 5 heteroatoms. The molecule has 5 nitrogen and oxygen atoms in total. The highest BCUT2D eigenvalue weighted by Gasteiger charge is 2.35. The molecule has 2 atom stereocenters. The fraction of sp³-hybridized carbons (Fsp3) is 0.417. The van der Waals surface area contributed by atoms with Crippen LogP contribution in [-0.4, -0.2) is 31.1 Å². The highest BCUT2D eigenvalue weighted by molar-refractivity contribution is 5.88. The smallest absolute Gasteiger partial charge is 0.155 e. The molecule has 0 saturated carbocycles. The molecule has 1 N–H and O–H groups in total. The Morgan fingerprint density at radius 1 is 1.35 bits per heavy atom. The van der Waals surface area contributed by atoms with Gasteiger partial charge in [0.1, 0.15) is 5.78 Å². The normalized spacial score (nSPS) is 22.3. The lowest BCUT2D eigenvalue weighted by molar-refractivity contribution is -0.118. The highest BCUT2D eigenvalue weighted by Crippen LogP contribution is 2.36. The molecule has 1 heterocycles. The largest absolute Gasteiger partial charge is 0.361 e. The number of hydrogen-bond donors (Lipinski definition) is 1. The summed E-state index contributed by atoms with van der Waals surface area (Å²) in [6.45, 7) is 1.59. The van der Waals surface area contributed by atoms with Crippen molar-refractivity contribution in [1.29, 1.82) is 0 Å². The Balaban J connectivity index is 2.30. The van der Waals surface area contributed by atoms with Crippen LogP contribution in [0.3, 0.4) is 0 Å². The Hall–Kier alpha value is -1.91. The van der Waals surface area contributed by atoms with Gasteiger partial charge in [-0.2, -0.15) is 0 Å². The number of anilines is 1. The summed E-state index contributed by atoms with van der Waals surface area (Å²) in [6, 6.07) is 7.78. The summed E-state index contributed by atoms with van der Waals surface area (Å²) >= 11 is 0. The molecule has 17 heavy (non-hydrogen) atoms. The molecule has 90 valence electrons. The average molecular weight is 232 g/mol. The summed E-state index contributed by atoms with van der Waals surface area (Å²) < 4.78 is 0. The molecule has 0 spiro atoms. The third kappa shape index (κ3) is 2.27. The summed E-state index contributed by atoms with van der Waals surface area (Å²) in [7, 11) is 3.60. The van der Waals surface area contributed by atoms with Gasteiger partial charge in [-0.25, -0.2) is 0 Å². The van der Waals surface area contributed by atoms with Crippen LogP contribution in [0.25, 0.3) is 0 Å². The first-order chi connectivity index (χ1) is 8.09. The second-order valence-electron chi connectivity index (χ2n) is 4.32. The molecule has 1 aliphatic heterocycles. The van der Waals surface area contributed by atoms with E-state index in [0.717, 1.165) is 11.3 Å². The molecule has 2 rings (SSSR count). The van der Waals surface area contributed by atoms with Gasteiger partial charge in [-0.05, 0) is 18.6 Å². The number of hydrogen-bond acceptors (Lipinski definition) is 4. The Labute approximate surface area is 101 Å². The van der Waals surface area contributed by atoms with E-state index in [1.54, 1.807) is 26.0 Å². The Bertz CT molecular complexity index is 456. The maximum atomic E-state index is 11.7. The summed E-state index contributed by atoms with van der Waals surface area (Å²) in [5, 5.41) is 13.0. The summed E-state index contributed by atoms with van der Waals surface area (Å²) in [5.74, 6) is -0.139. The molecule has 0 amide bonds. The van der Waals surface area contributed by atoms with E-state index in [4.69, 9.17) is 0 Å². The third-order valence-electron chi connectivity index (χ3n) is 2.71. The van der Waals surface area contributed by atoms with Crippen LogP contribution < -0.4 is 5.32 Å². The van der Waals surface area contributed by atoms with Crippen molar-refractivity contribution in [2.24, 2.45) is 10.3 Å². The maximum absolute atomic E-state index is 11.7. The number of fused-ring (bicyclic) bond motifs is 1. The number of carbonyl (C=O) groups is 1. The van der Waals surface area contributed by atoms with Crippen LogP contribution >= 0.6 is 0 Å². The van der Waals surface area contributed by atoms with Crippen LogP contribution in [-0.2, 0) is 4.79 Å². The molecule has 0 bridgehead atoms. The fourth-order valence-corrected chi connectivity index (χ4v) is 2.01. The van der Waals surface area contributed by atoms with Crippen LogP contribution in [0.4, 0.5) is 5.69 Å². The molecule has 1 aromatic rings. The predicted molar refractivity (Wildman–Crippen MR) is 65.8 cm³/mol. The van der Waals surface area contributed by atoms with E-state index in [-0.39, 0.29) is 17.9 Å². The van der Waals surface area contributed by atoms with Crippen LogP contribution in [0.15, 0.2) is 34.6 Å². The van der Waals surface area contributed by atoms with Crippen molar-refractivity contribution in [3.8, 4) is 0 Å². The second kappa shape index (κ2) is 4.53. The van der Waals surface area contributed by atoms with Crippen molar-refractivity contribution >= 4 is 11.5 Å². The van der Waals surface area contributed by atoms with E-state index in [1.165, 1.54) is 0 Å². The Kier molecular flexibility index (Phi) is 3.08. The van der Waals surface area contributed by atoms with E-state index in [1.807, 2.05) is 24.3 Å². The lowest BCUT2D eigenvalue weighted by atomic mass is 9.96. The van der Waals surface area contributed by atoms with Gasteiger partial charge in [0.15, 0.2) is 6.17 Å². The number of nitrogens with zero attached hydrogens (tertiary/aromatic N) is 3. The van der Waals surface area contributed by atoms with E-state index in [0.29, 0.717) is 0 Å². The van der Waals surface area contributed by atoms with Gasteiger partial charge >= 0.3 is 0 Å². The minimum absolute atomic E-state index is 0.102. The van der Waals surface area contributed by atoms with Gasteiger partial charge < -0.3 is 5.32 Å². The van der Waals surface area contributed by atoms with Crippen molar-refractivity contribution in [2.75, 3.05) is 19.4 Å². The minimum Gasteiger partial charge on any atom is -0.361 e. The predicted octanol–water partition coefficient (Wildman–Crippen LogP) is 2.04. The number of benzene rings is 1. The Morgan fingerprint density at radius 2 is 2.06 bits per heavy atom. The monoisotopic (exact) mass is 232 g/mol. The number of ketones is 1. The van der Waals surface area contributed by atoms with Gasteiger partial charge in [-0.15, -0.1) is 5.11 Å². The van der Waals surface area contributed by atoms with Crippen molar-refractivity contribution < 1.29 is 4.79 Å². The molecular formula is C12H16N4O. The van der Waals surface area contributed by atoms with Crippen LogP contribution in [0.1, 0.15) is 18.4 Å². The second-order valence-corrected chi connectivity index (χ2v) is 4.32. The number of Topliss-reactive ketones (excluding diaryl/α,β-unsaturated/α-hetero) is 1. The lowest BCUT2D eigenvalue weighted by Crippen LogP contribution is -2.23. The molecule has 0 radical (unpaired) electrons. The summed E-state index contributed by atoms with van der Waals surface area (Å²) in [6.07, 6.45) is -0.299. The highest BCUT2D eigenvalue weighted by atomic mass is 16.1. The third-order valence-corrected chi connectivity index (χ3v) is 2.71. The first-order valence-electron chi connectivity index (χ1n) is 5.53. The molecular weight excluding hydrogens is 216 g/mol. The zero-order valence-corrected chi connectivity index (χ0v) is 10.2. The summed E-state index contributed by atoms with van der Waals surface area (Å²) in [4.78, 5) is 11.7. The molecule has 0 fully saturated rings. The molecule has 2 unspecified atom stereocenters. The average Bonchev–Trinajstić information content (AvgIpc) is 2.64. The SMILES string of the molecule is CC(=O)C1c2ccccc2NC1/N=N/N(C)C. The Morgan fingerprint density at radius 3 is 2.71 bits per heavy atom. The van der Waals surface area contributed by atoms with Crippen LogP contribution in [0.5, 0.6) is 0 Å². The first kappa shape index (κ1) is 11.6. The van der Waals surface area contributed by atoms with Gasteiger partial charge in [0.25, 0.3) is 0 Å². The zero-order valence-electron chi connectivity index (χ0n) is 10.2. The van der Waals surface area contributed by atoms with Gasteiger partial charge in [-0.3, -0.25) is 9.80 Å². The van der Waals surface area contributed by atoms with E-state index in [9.17, 15) is 4.79 Å². The standard InChI is InChI=1S/C12H16N4O/c1-8(17)11-9-6-4-5-7-10(9)13-12(11)14-15-16(2)3/h4-7,11-13H,1-3H3/b15-14+. The molecule has 1 aromatic carbocycles. The molecule has 0 aromatic heterocycles. The van der Waals surface area contributed by atoms with Gasteiger partial charge in [0.2, 0.25) is 0 Å². The fourth-order valence-electron chi connectivity index (χ4n) is 2.01. The van der Waals surface area contributed by atoms with E-state index >= 15 is 0 Å². The van der Waals surface area contributed by atoms with Crippen molar-refractivity contribution in [3.05, 3.63) is 29.8 Å². The summed E-state index contributed by atoms with van der Waals surface area (Å²) in [5.41, 5.74) is 1.97. The van der Waals surface area contributed by atoms with E-state index in [2.05, 4.69) is 15.7 Å². The maximum Gasteiger partial charge on any atom is 0.155 e. The number of carbonyl (C=O) groups excluding carboxylic acids is 1. The van der Waals surface area contributed by atoms with E-state index < -0.39 is 0 Å². The van der Waals surface area contributed by atoms with Crippen molar-refractivity contribution in [3.63, 3.8) is 0 Å². The van der Waals surface area contributed by atoms with Gasteiger partial charge in [0.05, 0.1) is 5.92 Å². The molecule has 0 saturated heterocycles.